The summed E-state index contributed by atoms with van der Waals surface area (Å²) >= 11 is 1.45. The van der Waals surface area contributed by atoms with Crippen LogP contribution in [0.4, 0.5) is 5.69 Å². The first-order valence-electron chi connectivity index (χ1n) is 9.17. The largest absolute Gasteiger partial charge is 0.493 e. The number of rotatable bonds is 6. The molecule has 3 N–H and O–H groups in total. The minimum Gasteiger partial charge on any atom is -0.493 e. The molecular formula is C21H22N4O4S. The summed E-state index contributed by atoms with van der Waals surface area (Å²) in [6.45, 7) is 0. The van der Waals surface area contributed by atoms with Crippen LogP contribution < -0.4 is 24.8 Å². The number of hydrogen-bond acceptors (Lipinski definition) is 8. The normalized spacial score (nSPS) is 18.5. The highest BCUT2D eigenvalue weighted by atomic mass is 32.2. The van der Waals surface area contributed by atoms with Crippen molar-refractivity contribution in [3.63, 3.8) is 0 Å². The van der Waals surface area contributed by atoms with Gasteiger partial charge in [0, 0.05) is 12.1 Å². The molecule has 0 bridgehead atoms. The summed E-state index contributed by atoms with van der Waals surface area (Å²) in [5.41, 5.74) is 8.07. The fourth-order valence-electron chi connectivity index (χ4n) is 3.39. The van der Waals surface area contributed by atoms with Crippen molar-refractivity contribution >= 4 is 23.3 Å². The molecule has 156 valence electrons. The van der Waals surface area contributed by atoms with Crippen LogP contribution in [-0.2, 0) is 0 Å². The molecule has 3 aromatic rings. The Labute approximate surface area is 178 Å². The average molecular weight is 426 g/mol. The second-order valence-corrected chi connectivity index (χ2v) is 7.70. The average Bonchev–Trinajstić information content (AvgIpc) is 3.41. The molecular weight excluding hydrogens is 404 g/mol. The van der Waals surface area contributed by atoms with Crippen LogP contribution in [-0.4, -0.2) is 37.6 Å². The second kappa shape index (κ2) is 8.29. The van der Waals surface area contributed by atoms with Crippen molar-refractivity contribution in [2.45, 2.75) is 10.7 Å². The quantitative estimate of drug-likeness (QED) is 0.612. The van der Waals surface area contributed by atoms with Crippen LogP contribution in [0.5, 0.6) is 17.2 Å². The predicted molar refractivity (Wildman–Crippen MR) is 117 cm³/mol. The van der Waals surface area contributed by atoms with Gasteiger partial charge in [-0.3, -0.25) is 5.41 Å². The molecule has 2 atom stereocenters. The monoisotopic (exact) mass is 426 g/mol. The maximum atomic E-state index is 8.82. The van der Waals surface area contributed by atoms with Crippen LogP contribution >= 0.6 is 11.8 Å². The molecule has 30 heavy (non-hydrogen) atoms. The van der Waals surface area contributed by atoms with Crippen LogP contribution in [0.1, 0.15) is 10.9 Å². The Bertz CT molecular complexity index is 1030. The molecule has 1 aliphatic rings. The molecule has 1 saturated heterocycles. The number of anilines is 1. The van der Waals surface area contributed by atoms with E-state index in [2.05, 4.69) is 0 Å². The highest BCUT2D eigenvalue weighted by molar-refractivity contribution is 8.01. The van der Waals surface area contributed by atoms with Crippen LogP contribution in [0.15, 0.2) is 53.1 Å². The number of amidine groups is 1. The van der Waals surface area contributed by atoms with E-state index in [0.29, 0.717) is 40.2 Å². The number of nitrogens with zero attached hydrogens (tertiary/aromatic N) is 2. The van der Waals surface area contributed by atoms with E-state index >= 15 is 0 Å². The van der Waals surface area contributed by atoms with E-state index in [4.69, 9.17) is 34.8 Å². The maximum absolute atomic E-state index is 8.82. The summed E-state index contributed by atoms with van der Waals surface area (Å²) in [6.07, 6.45) is 1.61. The maximum Gasteiger partial charge on any atom is 0.203 e. The lowest BCUT2D eigenvalue weighted by Gasteiger charge is -2.24. The molecule has 1 aromatic carbocycles. The summed E-state index contributed by atoms with van der Waals surface area (Å²) in [5.74, 6) is 2.49. The third kappa shape index (κ3) is 3.46. The lowest BCUT2D eigenvalue weighted by atomic mass is 10.2. The Kier molecular flexibility index (Phi) is 5.56. The number of pyridine rings is 1. The first-order valence-corrected chi connectivity index (χ1v) is 10.1. The van der Waals surface area contributed by atoms with Crippen molar-refractivity contribution in [3.8, 4) is 28.7 Å². The van der Waals surface area contributed by atoms with Gasteiger partial charge < -0.3 is 29.3 Å². The zero-order valence-corrected chi connectivity index (χ0v) is 17.6. The number of furan rings is 1. The number of hydrogen-bond donors (Lipinski definition) is 2. The second-order valence-electron chi connectivity index (χ2n) is 6.47. The van der Waals surface area contributed by atoms with Crippen LogP contribution in [0.25, 0.3) is 11.5 Å². The SMILES string of the molecule is COc1cc(N2C(=N)C(c3cccc(-c4ccco4)n3)SC2N)cc(OC)c1OC. The van der Waals surface area contributed by atoms with Crippen molar-refractivity contribution in [2.24, 2.45) is 5.73 Å². The predicted octanol–water partition coefficient (Wildman–Crippen LogP) is 3.88. The van der Waals surface area contributed by atoms with Crippen molar-refractivity contribution in [2.75, 3.05) is 26.2 Å². The first kappa shape index (κ1) is 20.1. The summed E-state index contributed by atoms with van der Waals surface area (Å²) in [6, 6.07) is 12.9. The van der Waals surface area contributed by atoms with Crippen LogP contribution in [0, 0.1) is 5.41 Å². The van der Waals surface area contributed by atoms with Crippen molar-refractivity contribution < 1.29 is 18.6 Å². The van der Waals surface area contributed by atoms with Crippen LogP contribution in [0.2, 0.25) is 0 Å². The highest BCUT2D eigenvalue weighted by Gasteiger charge is 2.39. The Morgan fingerprint density at radius 1 is 1.07 bits per heavy atom. The molecule has 0 amide bonds. The highest BCUT2D eigenvalue weighted by Crippen LogP contribution is 2.47. The van der Waals surface area contributed by atoms with E-state index in [9.17, 15) is 0 Å². The van der Waals surface area contributed by atoms with E-state index in [-0.39, 0.29) is 5.25 Å². The standard InChI is InChI=1S/C21H22N4O4S/c1-26-16-10-12(11-17(27-2)18(16)28-3)25-20(22)19(30-21(25)23)14-7-4-6-13(24-14)15-8-5-9-29-15/h4-11,19,21-22H,23H2,1-3H3. The molecule has 0 spiro atoms. The summed E-state index contributed by atoms with van der Waals surface area (Å²) in [4.78, 5) is 6.44. The topological polar surface area (TPSA) is 107 Å². The fraction of sp³-hybridized carbons (Fsp3) is 0.238. The lowest BCUT2D eigenvalue weighted by molar-refractivity contribution is 0.324. The van der Waals surface area contributed by atoms with E-state index < -0.39 is 5.50 Å². The molecule has 8 nitrogen and oxygen atoms in total. The number of thioether (sulfide) groups is 1. The van der Waals surface area contributed by atoms with Gasteiger partial charge in [0.2, 0.25) is 5.75 Å². The zero-order valence-electron chi connectivity index (χ0n) is 16.8. The number of aromatic nitrogens is 1. The fourth-order valence-corrected chi connectivity index (χ4v) is 4.54. The molecule has 3 heterocycles. The molecule has 0 aliphatic carbocycles. The van der Waals surface area contributed by atoms with Gasteiger partial charge in [0.05, 0.1) is 39.0 Å². The molecule has 2 unspecified atom stereocenters. The summed E-state index contributed by atoms with van der Waals surface area (Å²) < 4.78 is 21.7. The van der Waals surface area contributed by atoms with Gasteiger partial charge in [0.1, 0.15) is 22.3 Å². The Morgan fingerprint density at radius 2 is 1.80 bits per heavy atom. The van der Waals surface area contributed by atoms with E-state index in [1.54, 1.807) is 44.6 Å². The van der Waals surface area contributed by atoms with Gasteiger partial charge >= 0.3 is 0 Å². The number of nitrogens with one attached hydrogen (secondary N) is 1. The molecule has 1 fully saturated rings. The number of ether oxygens (including phenoxy) is 3. The van der Waals surface area contributed by atoms with Crippen molar-refractivity contribution in [1.82, 2.24) is 4.98 Å². The molecule has 0 radical (unpaired) electrons. The minimum absolute atomic E-state index is 0.325. The number of benzene rings is 1. The zero-order chi connectivity index (χ0) is 21.3. The van der Waals surface area contributed by atoms with Crippen molar-refractivity contribution in [3.05, 3.63) is 54.4 Å². The van der Waals surface area contributed by atoms with Gasteiger partial charge in [-0.15, -0.1) is 11.8 Å². The first-order chi connectivity index (χ1) is 14.6. The van der Waals surface area contributed by atoms with Gasteiger partial charge in [0.25, 0.3) is 0 Å². The third-order valence-corrected chi connectivity index (χ3v) is 6.01. The Hall–Kier alpha value is -3.17. The van der Waals surface area contributed by atoms with Gasteiger partial charge in [-0.2, -0.15) is 0 Å². The van der Waals surface area contributed by atoms with Crippen LogP contribution in [0.3, 0.4) is 0 Å². The Balaban J connectivity index is 1.69. The number of methoxy groups -OCH3 is 3. The van der Waals surface area contributed by atoms with Gasteiger partial charge in [-0.05, 0) is 24.3 Å². The molecule has 0 saturated carbocycles. The van der Waals surface area contributed by atoms with E-state index in [1.165, 1.54) is 11.8 Å². The van der Waals surface area contributed by atoms with Gasteiger partial charge in [-0.1, -0.05) is 6.07 Å². The Morgan fingerprint density at radius 3 is 2.40 bits per heavy atom. The summed E-state index contributed by atoms with van der Waals surface area (Å²) in [5, 5.41) is 8.49. The van der Waals surface area contributed by atoms with Gasteiger partial charge in [-0.25, -0.2) is 4.98 Å². The summed E-state index contributed by atoms with van der Waals surface area (Å²) in [7, 11) is 4.66. The molecule has 1 aliphatic heterocycles. The molecule has 9 heteroatoms. The van der Waals surface area contributed by atoms with E-state index in [1.807, 2.05) is 30.3 Å². The smallest absolute Gasteiger partial charge is 0.203 e. The van der Waals surface area contributed by atoms with Gasteiger partial charge in [0.15, 0.2) is 17.3 Å². The molecule has 4 rings (SSSR count). The third-order valence-electron chi connectivity index (χ3n) is 4.78. The van der Waals surface area contributed by atoms with Crippen molar-refractivity contribution in [1.29, 1.82) is 5.41 Å². The lowest BCUT2D eigenvalue weighted by Crippen LogP contribution is -2.38. The minimum atomic E-state index is -0.473. The molecule has 2 aromatic heterocycles. The number of nitrogens with two attached hydrogens (primary N) is 1. The van der Waals surface area contributed by atoms with E-state index in [0.717, 1.165) is 5.69 Å².